The fourth-order valence-corrected chi connectivity index (χ4v) is 3.15. The third-order valence-electron chi connectivity index (χ3n) is 4.63. The maximum Gasteiger partial charge on any atom is 0.303 e. The van der Waals surface area contributed by atoms with Gasteiger partial charge in [0.25, 0.3) is 0 Å². The number of allylic oxidation sites excluding steroid dienone is 6. The van der Waals surface area contributed by atoms with Crippen LogP contribution >= 0.6 is 0 Å². The highest BCUT2D eigenvalue weighted by Crippen LogP contribution is 2.34. The molecule has 5 nitrogen and oxygen atoms in total. The third-order valence-corrected chi connectivity index (χ3v) is 4.63. The number of aliphatic hydroxyl groups excluding tert-OH is 2. The molecule has 3 N–H and O–H groups in total. The van der Waals surface area contributed by atoms with E-state index in [2.05, 4.69) is 31.2 Å². The Bertz CT molecular complexity index is 573. The van der Waals surface area contributed by atoms with Crippen LogP contribution in [0.2, 0.25) is 0 Å². The normalized spacial score (nSPS) is 24.9. The Kier molecular flexibility index (Phi) is 11.3. The van der Waals surface area contributed by atoms with Gasteiger partial charge in [-0.1, -0.05) is 55.5 Å². The summed E-state index contributed by atoms with van der Waals surface area (Å²) < 4.78 is 0. The number of carbonyl (C=O) groups is 2. The number of hydrogen-bond acceptors (Lipinski definition) is 4. The van der Waals surface area contributed by atoms with Gasteiger partial charge in [-0.3, -0.25) is 9.59 Å². The first-order valence-electron chi connectivity index (χ1n) is 9.69. The molecule has 27 heavy (non-hydrogen) atoms. The molecule has 0 amide bonds. The smallest absolute Gasteiger partial charge is 0.303 e. The van der Waals surface area contributed by atoms with E-state index in [0.717, 1.165) is 19.3 Å². The van der Waals surface area contributed by atoms with Crippen LogP contribution < -0.4 is 0 Å². The lowest BCUT2D eigenvalue weighted by Gasteiger charge is -2.17. The molecule has 4 atom stereocenters. The van der Waals surface area contributed by atoms with Crippen molar-refractivity contribution in [3.8, 4) is 0 Å². The summed E-state index contributed by atoms with van der Waals surface area (Å²) >= 11 is 0. The van der Waals surface area contributed by atoms with E-state index < -0.39 is 24.1 Å². The lowest BCUT2D eigenvalue weighted by Crippen LogP contribution is -2.20. The summed E-state index contributed by atoms with van der Waals surface area (Å²) in [6, 6.07) is 0. The number of Topliss-reactive ketones (excluding diaryl/α,β-unsaturated/α-hetero) is 1. The highest BCUT2D eigenvalue weighted by Gasteiger charge is 2.39. The molecular weight excluding hydrogens is 344 g/mol. The second kappa shape index (κ2) is 13.2. The summed E-state index contributed by atoms with van der Waals surface area (Å²) in [5.74, 6) is -1.94. The number of carboxylic acids is 1. The van der Waals surface area contributed by atoms with E-state index in [4.69, 9.17) is 5.11 Å². The molecule has 1 rings (SSSR count). The molecule has 0 aromatic heterocycles. The van der Waals surface area contributed by atoms with Crippen molar-refractivity contribution in [2.75, 3.05) is 0 Å². The molecule has 1 aliphatic carbocycles. The van der Waals surface area contributed by atoms with Crippen LogP contribution in [0.4, 0.5) is 0 Å². The largest absolute Gasteiger partial charge is 0.481 e. The van der Waals surface area contributed by atoms with E-state index in [1.165, 1.54) is 0 Å². The number of aliphatic carboxylic acids is 1. The van der Waals surface area contributed by atoms with Crippen molar-refractivity contribution in [3.63, 3.8) is 0 Å². The number of hydrogen-bond donors (Lipinski definition) is 3. The predicted octanol–water partition coefficient (Wildman–Crippen LogP) is 3.58. The minimum absolute atomic E-state index is 0.0507. The molecule has 0 aromatic carbocycles. The number of aliphatic hydroxyl groups is 2. The summed E-state index contributed by atoms with van der Waals surface area (Å²) in [4.78, 5) is 22.7. The molecule has 150 valence electrons. The van der Waals surface area contributed by atoms with E-state index in [1.54, 1.807) is 12.2 Å². The number of carbonyl (C=O) groups excluding carboxylic acids is 1. The first-order chi connectivity index (χ1) is 13.0. The fraction of sp³-hybridized carbons (Fsp3) is 0.545. The van der Waals surface area contributed by atoms with Crippen LogP contribution in [0.25, 0.3) is 0 Å². The minimum atomic E-state index is -0.940. The number of carboxylic acid groups (broad SMARTS) is 1. The Morgan fingerprint density at radius 1 is 1.15 bits per heavy atom. The summed E-state index contributed by atoms with van der Waals surface area (Å²) in [6.07, 6.45) is 17.5. The Morgan fingerprint density at radius 2 is 1.78 bits per heavy atom. The van der Waals surface area contributed by atoms with Crippen molar-refractivity contribution in [1.29, 1.82) is 0 Å². The molecule has 0 heterocycles. The molecule has 1 fully saturated rings. The van der Waals surface area contributed by atoms with E-state index in [-0.39, 0.29) is 31.0 Å². The van der Waals surface area contributed by atoms with Gasteiger partial charge in [-0.15, -0.1) is 0 Å². The van der Waals surface area contributed by atoms with Gasteiger partial charge in [0, 0.05) is 18.8 Å². The van der Waals surface area contributed by atoms with Gasteiger partial charge in [0.2, 0.25) is 0 Å². The Morgan fingerprint density at radius 3 is 2.41 bits per heavy atom. The topological polar surface area (TPSA) is 94.8 Å². The second-order valence-corrected chi connectivity index (χ2v) is 6.84. The zero-order valence-corrected chi connectivity index (χ0v) is 16.0. The van der Waals surface area contributed by atoms with Gasteiger partial charge in [-0.25, -0.2) is 0 Å². The van der Waals surface area contributed by atoms with Crippen LogP contribution in [0.5, 0.6) is 0 Å². The van der Waals surface area contributed by atoms with Crippen molar-refractivity contribution in [2.24, 2.45) is 11.8 Å². The molecule has 0 saturated heterocycles. The molecule has 0 bridgehead atoms. The van der Waals surface area contributed by atoms with Gasteiger partial charge in [0.05, 0.1) is 12.2 Å². The zero-order valence-electron chi connectivity index (χ0n) is 16.0. The lowest BCUT2D eigenvalue weighted by atomic mass is 9.89. The van der Waals surface area contributed by atoms with Gasteiger partial charge < -0.3 is 15.3 Å². The van der Waals surface area contributed by atoms with Gasteiger partial charge in [-0.2, -0.15) is 0 Å². The molecular formula is C22H32O5. The predicted molar refractivity (Wildman–Crippen MR) is 106 cm³/mol. The minimum Gasteiger partial charge on any atom is -0.481 e. The van der Waals surface area contributed by atoms with Crippen LogP contribution in [0.15, 0.2) is 48.6 Å². The highest BCUT2D eigenvalue weighted by atomic mass is 16.4. The number of ketones is 1. The highest BCUT2D eigenvalue weighted by molar-refractivity contribution is 5.86. The van der Waals surface area contributed by atoms with Gasteiger partial charge in [0.15, 0.2) is 0 Å². The average Bonchev–Trinajstić information content (AvgIpc) is 2.89. The molecule has 0 radical (unpaired) electrons. The van der Waals surface area contributed by atoms with Gasteiger partial charge in [-0.05, 0) is 38.0 Å². The zero-order chi connectivity index (χ0) is 20.1. The van der Waals surface area contributed by atoms with Crippen molar-refractivity contribution >= 4 is 11.8 Å². The van der Waals surface area contributed by atoms with Crippen LogP contribution in [-0.2, 0) is 9.59 Å². The first kappa shape index (κ1) is 23.1. The van der Waals surface area contributed by atoms with Crippen molar-refractivity contribution in [1.82, 2.24) is 0 Å². The maximum absolute atomic E-state index is 12.0. The monoisotopic (exact) mass is 376 g/mol. The molecule has 5 heteroatoms. The van der Waals surface area contributed by atoms with E-state index in [1.807, 2.05) is 12.2 Å². The van der Waals surface area contributed by atoms with E-state index >= 15 is 0 Å². The maximum atomic E-state index is 12.0. The SMILES string of the molecule is CC/C=C\C/C=C/C/C=C\C[C@H](O)/C=C/[C@@H]1C(=O)C[C@H](O)[C@H]1CCC(=O)O. The number of rotatable bonds is 12. The summed E-state index contributed by atoms with van der Waals surface area (Å²) in [5.41, 5.74) is 0. The summed E-state index contributed by atoms with van der Waals surface area (Å²) in [5, 5.41) is 28.8. The Hall–Kier alpha value is -1.98. The summed E-state index contributed by atoms with van der Waals surface area (Å²) in [7, 11) is 0. The van der Waals surface area contributed by atoms with Gasteiger partial charge >= 0.3 is 5.97 Å². The van der Waals surface area contributed by atoms with Crippen LogP contribution in [0, 0.1) is 11.8 Å². The summed E-state index contributed by atoms with van der Waals surface area (Å²) in [6.45, 7) is 2.10. The third kappa shape index (κ3) is 9.50. The molecule has 0 aliphatic heterocycles. The van der Waals surface area contributed by atoms with E-state index in [9.17, 15) is 19.8 Å². The van der Waals surface area contributed by atoms with Gasteiger partial charge in [0.1, 0.15) is 5.78 Å². The fourth-order valence-electron chi connectivity index (χ4n) is 3.15. The first-order valence-corrected chi connectivity index (χ1v) is 9.69. The average molecular weight is 376 g/mol. The van der Waals surface area contributed by atoms with Crippen molar-refractivity contribution in [2.45, 2.75) is 64.1 Å². The Balaban J connectivity index is 2.40. The molecule has 0 spiro atoms. The van der Waals surface area contributed by atoms with Crippen LogP contribution in [0.1, 0.15) is 51.9 Å². The molecule has 0 unspecified atom stereocenters. The molecule has 1 aliphatic rings. The van der Waals surface area contributed by atoms with Crippen LogP contribution in [-0.4, -0.2) is 39.3 Å². The molecule has 1 saturated carbocycles. The second-order valence-electron chi connectivity index (χ2n) is 6.84. The van der Waals surface area contributed by atoms with Crippen LogP contribution in [0.3, 0.4) is 0 Å². The van der Waals surface area contributed by atoms with Crippen molar-refractivity contribution < 1.29 is 24.9 Å². The van der Waals surface area contributed by atoms with Crippen molar-refractivity contribution in [3.05, 3.63) is 48.6 Å². The van der Waals surface area contributed by atoms with E-state index in [0.29, 0.717) is 6.42 Å². The lowest BCUT2D eigenvalue weighted by molar-refractivity contribution is -0.137. The Labute approximate surface area is 161 Å². The quantitative estimate of drug-likeness (QED) is 0.453. The molecule has 0 aromatic rings. The standard InChI is InChI=1S/C22H32O5/c1-2-3-4-5-6-7-8-9-10-11-17(23)12-13-18-19(14-15-22(26)27)21(25)16-20(18)24/h3-4,6-7,9-10,12-13,17-19,21,23,25H,2,5,8,11,14-16H2,1H3,(H,26,27)/b4-3-,7-6+,10-9-,13-12+/t17-,18-,19-,21-/m0/s1.